The van der Waals surface area contributed by atoms with Crippen molar-refractivity contribution in [2.75, 3.05) is 12.3 Å². The molecule has 0 saturated carbocycles. The number of thiazole rings is 1. The van der Waals surface area contributed by atoms with Gasteiger partial charge in [0.05, 0.1) is 24.5 Å². The molecule has 1 aliphatic heterocycles. The number of carboxylic acids is 1. The highest BCUT2D eigenvalue weighted by Crippen LogP contribution is 2.24. The fourth-order valence-electron chi connectivity index (χ4n) is 3.29. The second kappa shape index (κ2) is 11.9. The maximum atomic E-state index is 13.1. The molecule has 20 nitrogen and oxygen atoms in total. The summed E-state index contributed by atoms with van der Waals surface area (Å²) in [4.78, 5) is 69.6. The van der Waals surface area contributed by atoms with Crippen LogP contribution in [0.3, 0.4) is 0 Å². The Morgan fingerprint density at radius 2 is 1.93 bits per heavy atom. The first-order chi connectivity index (χ1) is 19.4. The molecule has 1 aliphatic rings. The minimum atomic E-state index is -5.14. The van der Waals surface area contributed by atoms with E-state index in [9.17, 15) is 52.4 Å². The van der Waals surface area contributed by atoms with Crippen molar-refractivity contribution in [3.63, 3.8) is 0 Å². The molecule has 228 valence electrons. The molecule has 0 unspecified atom stereocenters. The summed E-state index contributed by atoms with van der Waals surface area (Å²) in [5.74, 6) is -4.63. The summed E-state index contributed by atoms with van der Waals surface area (Å²) in [7, 11) is -5.14. The van der Waals surface area contributed by atoms with Crippen LogP contribution < -0.4 is 27.1 Å². The number of rotatable bonds is 11. The number of aliphatic carboxylic acids is 1. The molecule has 2 atom stereocenters. The van der Waals surface area contributed by atoms with Gasteiger partial charge in [-0.05, 0) is 13.8 Å². The number of carboxylic acid groups (broad SMARTS) is 1. The van der Waals surface area contributed by atoms with Gasteiger partial charge in [-0.1, -0.05) is 5.16 Å². The van der Waals surface area contributed by atoms with Crippen LogP contribution in [0, 0.1) is 0 Å². The molecular formula is C20H24N8O12S2. The van der Waals surface area contributed by atoms with Crippen molar-refractivity contribution in [1.29, 1.82) is 0 Å². The lowest BCUT2D eigenvalue weighted by molar-refractivity contribution is -0.161. The van der Waals surface area contributed by atoms with Crippen molar-refractivity contribution >= 4 is 56.3 Å². The summed E-state index contributed by atoms with van der Waals surface area (Å²) >= 11 is 0.895. The number of β-lactam (4-membered cyclic amide) rings is 1. The Bertz CT molecular complexity index is 1620. The number of aromatic nitrogens is 2. The van der Waals surface area contributed by atoms with Gasteiger partial charge in [0.2, 0.25) is 11.0 Å². The third-order valence-corrected chi connectivity index (χ3v) is 7.18. The Labute approximate surface area is 239 Å². The fraction of sp³-hybridized carbons (Fsp3) is 0.350. The van der Waals surface area contributed by atoms with Gasteiger partial charge in [0.15, 0.2) is 16.6 Å². The van der Waals surface area contributed by atoms with E-state index in [-0.39, 0.29) is 20.8 Å². The number of carbonyl (C=O) groups is 4. The van der Waals surface area contributed by atoms with Crippen LogP contribution in [0.2, 0.25) is 0 Å². The number of nitrogens with one attached hydrogen (secondary N) is 3. The van der Waals surface area contributed by atoms with Crippen molar-refractivity contribution in [3.8, 4) is 5.75 Å². The van der Waals surface area contributed by atoms with E-state index < -0.39 is 81.8 Å². The monoisotopic (exact) mass is 632 g/mol. The Hall–Kier alpha value is -4.96. The summed E-state index contributed by atoms with van der Waals surface area (Å²) in [5.41, 5.74) is 1.93. The third-order valence-electron chi connectivity index (χ3n) is 5.56. The summed E-state index contributed by atoms with van der Waals surface area (Å²) in [6, 6.07) is -3.35. The molecule has 0 spiro atoms. The number of nitrogen functional groups attached to an aromatic ring is 1. The first-order valence-corrected chi connectivity index (χ1v) is 13.7. The fourth-order valence-corrected chi connectivity index (χ4v) is 4.71. The molecule has 0 radical (unpaired) electrons. The van der Waals surface area contributed by atoms with E-state index >= 15 is 0 Å². The maximum absolute atomic E-state index is 13.1. The van der Waals surface area contributed by atoms with Gasteiger partial charge in [0.1, 0.15) is 11.7 Å². The second-order valence-electron chi connectivity index (χ2n) is 8.97. The van der Waals surface area contributed by atoms with Gasteiger partial charge in [0.25, 0.3) is 11.8 Å². The van der Waals surface area contributed by atoms with E-state index in [0.717, 1.165) is 31.3 Å². The number of oxime groups is 1. The lowest BCUT2D eigenvalue weighted by Gasteiger charge is -2.44. The number of hydrogen-bond acceptors (Lipinski definition) is 14. The zero-order valence-corrected chi connectivity index (χ0v) is 23.2. The molecule has 22 heteroatoms. The number of amides is 4. The molecule has 0 bridgehead atoms. The molecular weight excluding hydrogens is 608 g/mol. The number of pyridine rings is 1. The molecule has 9 N–H and O–H groups in total. The third kappa shape index (κ3) is 7.02. The SMILES string of the molecule is CC(C)(ON=C(C(=O)N[C@@H]1C(=O)N(S(=O)(=O)O)[C@@H]1CNC(=O)NCc1cc(=O)c(O)cn1O)c1csc(N)n1)C(=O)O. The smallest absolute Gasteiger partial charge is 0.362 e. The van der Waals surface area contributed by atoms with Crippen LogP contribution in [0.1, 0.15) is 25.2 Å². The van der Waals surface area contributed by atoms with Crippen LogP contribution in [0.15, 0.2) is 27.6 Å². The van der Waals surface area contributed by atoms with Crippen molar-refractivity contribution in [2.24, 2.45) is 5.16 Å². The molecule has 4 amide bonds. The van der Waals surface area contributed by atoms with Gasteiger partial charge < -0.3 is 41.9 Å². The Balaban J connectivity index is 1.76. The second-order valence-corrected chi connectivity index (χ2v) is 11.1. The van der Waals surface area contributed by atoms with Crippen LogP contribution in [0.5, 0.6) is 5.75 Å². The molecule has 0 aliphatic carbocycles. The highest BCUT2D eigenvalue weighted by atomic mass is 32.2. The summed E-state index contributed by atoms with van der Waals surface area (Å²) in [5, 5.41) is 39.7. The number of anilines is 1. The average molecular weight is 633 g/mol. The highest BCUT2D eigenvalue weighted by Gasteiger charge is 2.54. The van der Waals surface area contributed by atoms with Crippen LogP contribution >= 0.6 is 11.3 Å². The Kier molecular flexibility index (Phi) is 8.93. The van der Waals surface area contributed by atoms with Crippen molar-refractivity contribution in [1.82, 2.24) is 30.0 Å². The number of urea groups is 1. The number of hydrogen-bond donors (Lipinski definition) is 8. The number of nitrogens with zero attached hydrogens (tertiary/aromatic N) is 4. The van der Waals surface area contributed by atoms with Crippen LogP contribution in [0.4, 0.5) is 9.93 Å². The molecule has 1 fully saturated rings. The van der Waals surface area contributed by atoms with E-state index in [1.165, 1.54) is 5.38 Å². The van der Waals surface area contributed by atoms with E-state index in [0.29, 0.717) is 10.9 Å². The Morgan fingerprint density at radius 1 is 1.26 bits per heavy atom. The first-order valence-electron chi connectivity index (χ1n) is 11.4. The number of carbonyl (C=O) groups excluding carboxylic acids is 3. The predicted octanol–water partition coefficient (Wildman–Crippen LogP) is -2.59. The minimum Gasteiger partial charge on any atom is -0.503 e. The van der Waals surface area contributed by atoms with Crippen LogP contribution in [-0.4, -0.2) is 96.2 Å². The van der Waals surface area contributed by atoms with Gasteiger partial charge in [0, 0.05) is 18.0 Å². The molecule has 3 rings (SSSR count). The quantitative estimate of drug-likeness (QED) is 0.0415. The van der Waals surface area contributed by atoms with Gasteiger partial charge >= 0.3 is 22.3 Å². The van der Waals surface area contributed by atoms with Crippen LogP contribution in [0.25, 0.3) is 0 Å². The molecule has 2 aromatic heterocycles. The zero-order chi connectivity index (χ0) is 31.6. The van der Waals surface area contributed by atoms with E-state index in [1.807, 2.05) is 0 Å². The summed E-state index contributed by atoms with van der Waals surface area (Å²) in [6.07, 6.45) is 0.694. The lowest BCUT2D eigenvalue weighted by Crippen LogP contribution is -2.74. The zero-order valence-electron chi connectivity index (χ0n) is 21.5. The summed E-state index contributed by atoms with van der Waals surface area (Å²) < 4.78 is 33.4. The van der Waals surface area contributed by atoms with Gasteiger partial charge in [-0.25, -0.2) is 18.9 Å². The topological polar surface area (TPSA) is 305 Å². The minimum absolute atomic E-state index is 0.00106. The van der Waals surface area contributed by atoms with Gasteiger partial charge in [-0.15, -0.1) is 11.3 Å². The van der Waals surface area contributed by atoms with E-state index in [1.54, 1.807) is 0 Å². The average Bonchev–Trinajstić information content (AvgIpc) is 3.30. The van der Waals surface area contributed by atoms with Crippen LogP contribution in [-0.2, 0) is 36.1 Å². The van der Waals surface area contributed by atoms with Crippen molar-refractivity contribution in [2.45, 2.75) is 38.1 Å². The Morgan fingerprint density at radius 3 is 2.50 bits per heavy atom. The normalized spacial score (nSPS) is 17.3. The van der Waals surface area contributed by atoms with E-state index in [2.05, 4.69) is 26.1 Å². The van der Waals surface area contributed by atoms with Gasteiger partial charge in [-0.3, -0.25) is 18.9 Å². The summed E-state index contributed by atoms with van der Waals surface area (Å²) in [6.45, 7) is 1.18. The molecule has 3 heterocycles. The molecule has 42 heavy (non-hydrogen) atoms. The maximum Gasteiger partial charge on any atom is 0.362 e. The van der Waals surface area contributed by atoms with E-state index in [4.69, 9.17) is 10.6 Å². The van der Waals surface area contributed by atoms with Gasteiger partial charge in [-0.2, -0.15) is 13.1 Å². The lowest BCUT2D eigenvalue weighted by atomic mass is 9.98. The standard InChI is InChI=1S/C20H24N8O12S2/c1-20(2,17(33)34)40-26-13(9-7-41-18(21)24-9)15(31)25-14-10(28(16(14)32)42(37,38)39)5-23-19(35)22-4-8-3-11(29)12(30)6-27(8)36/h3,6-7,10,14,30,36H,4-5H2,1-2H3,(H2,21,24)(H,25,31)(H,33,34)(H2,22,23,35)(H,37,38,39)/t10-,14+/m1/s1. The molecule has 2 aromatic rings. The highest BCUT2D eigenvalue weighted by molar-refractivity contribution is 7.84. The predicted molar refractivity (Wildman–Crippen MR) is 140 cm³/mol. The largest absolute Gasteiger partial charge is 0.503 e. The van der Waals surface area contributed by atoms with Crippen molar-refractivity contribution in [3.05, 3.63) is 39.3 Å². The first kappa shape index (κ1) is 31.6. The molecule has 0 aromatic carbocycles. The molecule has 1 saturated heterocycles. The number of aromatic hydroxyl groups is 1. The van der Waals surface area contributed by atoms with Crippen molar-refractivity contribution < 1.29 is 52.4 Å². The number of nitrogens with two attached hydrogens (primary N) is 1.